The van der Waals surface area contributed by atoms with Gasteiger partial charge >= 0.3 is 0 Å². The molecule has 1 rings (SSSR count). The monoisotopic (exact) mass is 231 g/mol. The van der Waals surface area contributed by atoms with Crippen LogP contribution in [0.5, 0.6) is 0 Å². The third kappa shape index (κ3) is 2.61. The van der Waals surface area contributed by atoms with Crippen molar-refractivity contribution in [3.63, 3.8) is 0 Å². The number of nitriles is 1. The number of halogens is 3. The number of rotatable bonds is 3. The molecule has 0 fully saturated rings. The Labute approximate surface area is 90.5 Å². The summed E-state index contributed by atoms with van der Waals surface area (Å²) < 4.78 is 24.9. The first-order valence-electron chi connectivity index (χ1n) is 4.13. The molecular formula is C9H8ClF2N3. The van der Waals surface area contributed by atoms with Gasteiger partial charge in [0.15, 0.2) is 0 Å². The van der Waals surface area contributed by atoms with Crippen molar-refractivity contribution in [2.24, 2.45) is 5.73 Å². The number of hydrogen-bond acceptors (Lipinski definition) is 3. The quantitative estimate of drug-likeness (QED) is 0.811. The van der Waals surface area contributed by atoms with Gasteiger partial charge in [0.05, 0.1) is 23.7 Å². The maximum Gasteiger partial charge on any atom is 0.266 e. The van der Waals surface area contributed by atoms with E-state index < -0.39 is 6.43 Å². The Morgan fingerprint density at radius 2 is 2.27 bits per heavy atom. The van der Waals surface area contributed by atoms with Crippen molar-refractivity contribution in [2.75, 3.05) is 0 Å². The Bertz CT molecular complexity index is 401. The zero-order valence-corrected chi connectivity index (χ0v) is 8.43. The molecule has 0 aliphatic rings. The van der Waals surface area contributed by atoms with Gasteiger partial charge in [-0.3, -0.25) is 0 Å². The van der Waals surface area contributed by atoms with Crippen LogP contribution in [0.4, 0.5) is 8.78 Å². The maximum absolute atomic E-state index is 12.4. The lowest BCUT2D eigenvalue weighted by Crippen LogP contribution is -2.06. The van der Waals surface area contributed by atoms with Crippen molar-refractivity contribution in [3.05, 3.63) is 28.0 Å². The summed E-state index contributed by atoms with van der Waals surface area (Å²) in [6, 6.07) is 3.05. The second-order valence-corrected chi connectivity index (χ2v) is 3.17. The summed E-state index contributed by atoms with van der Waals surface area (Å²) in [7, 11) is 0. The van der Waals surface area contributed by atoms with Crippen LogP contribution < -0.4 is 5.73 Å². The van der Waals surface area contributed by atoms with E-state index in [2.05, 4.69) is 4.98 Å². The Kier molecular flexibility index (Phi) is 3.95. The van der Waals surface area contributed by atoms with Crippen LogP contribution in [-0.4, -0.2) is 4.98 Å². The van der Waals surface area contributed by atoms with Crippen molar-refractivity contribution in [3.8, 4) is 6.07 Å². The molecule has 2 N–H and O–H groups in total. The Morgan fingerprint density at radius 3 is 2.73 bits per heavy atom. The van der Waals surface area contributed by atoms with E-state index >= 15 is 0 Å². The van der Waals surface area contributed by atoms with E-state index in [0.717, 1.165) is 0 Å². The van der Waals surface area contributed by atoms with Gasteiger partial charge in [0, 0.05) is 6.54 Å². The summed E-state index contributed by atoms with van der Waals surface area (Å²) >= 11 is 5.55. The van der Waals surface area contributed by atoms with Crippen LogP contribution in [0.3, 0.4) is 0 Å². The molecule has 0 bridgehead atoms. The lowest BCUT2D eigenvalue weighted by molar-refractivity contribution is 0.151. The molecule has 15 heavy (non-hydrogen) atoms. The highest BCUT2D eigenvalue weighted by molar-refractivity contribution is 6.30. The molecule has 0 spiro atoms. The number of alkyl halides is 2. The van der Waals surface area contributed by atoms with Crippen LogP contribution in [-0.2, 0) is 13.0 Å². The van der Waals surface area contributed by atoms with Gasteiger partial charge in [0.25, 0.3) is 6.43 Å². The van der Waals surface area contributed by atoms with Crippen LogP contribution in [0.2, 0.25) is 5.15 Å². The first-order chi connectivity index (χ1) is 7.10. The minimum absolute atomic E-state index is 0.00355. The predicted molar refractivity (Wildman–Crippen MR) is 51.4 cm³/mol. The fourth-order valence-corrected chi connectivity index (χ4v) is 1.39. The molecule has 0 aliphatic carbocycles. The molecule has 0 amide bonds. The summed E-state index contributed by atoms with van der Waals surface area (Å²) in [5, 5.41) is 8.24. The van der Waals surface area contributed by atoms with Crippen LogP contribution in [0.1, 0.15) is 23.2 Å². The smallest absolute Gasteiger partial charge is 0.266 e. The fraction of sp³-hybridized carbons (Fsp3) is 0.333. The predicted octanol–water partition coefficient (Wildman–Crippen LogP) is 2.20. The van der Waals surface area contributed by atoms with Gasteiger partial charge in [-0.15, -0.1) is 0 Å². The molecule has 0 aromatic carbocycles. The molecule has 0 saturated carbocycles. The maximum atomic E-state index is 12.4. The topological polar surface area (TPSA) is 62.7 Å². The molecule has 80 valence electrons. The van der Waals surface area contributed by atoms with E-state index in [1.807, 2.05) is 6.07 Å². The average molecular weight is 232 g/mol. The molecule has 0 radical (unpaired) electrons. The largest absolute Gasteiger partial charge is 0.325 e. The normalized spacial score (nSPS) is 10.4. The van der Waals surface area contributed by atoms with Gasteiger partial charge < -0.3 is 5.73 Å². The molecule has 6 heteroatoms. The SMILES string of the molecule is N#CCc1cc(C(F)F)c(Cl)nc1CN. The summed E-state index contributed by atoms with van der Waals surface area (Å²) in [5.74, 6) is 0. The van der Waals surface area contributed by atoms with E-state index in [1.54, 1.807) is 0 Å². The molecule has 1 aromatic heterocycles. The van der Waals surface area contributed by atoms with E-state index in [-0.39, 0.29) is 23.7 Å². The molecule has 1 aromatic rings. The third-order valence-corrected chi connectivity index (χ3v) is 2.17. The van der Waals surface area contributed by atoms with Gasteiger partial charge in [-0.2, -0.15) is 5.26 Å². The summed E-state index contributed by atoms with van der Waals surface area (Å²) in [4.78, 5) is 3.74. The van der Waals surface area contributed by atoms with Crippen molar-refractivity contribution in [1.82, 2.24) is 4.98 Å². The van der Waals surface area contributed by atoms with Gasteiger partial charge in [0.2, 0.25) is 0 Å². The molecular weight excluding hydrogens is 224 g/mol. The number of nitrogens with zero attached hydrogens (tertiary/aromatic N) is 2. The van der Waals surface area contributed by atoms with Gasteiger partial charge in [0.1, 0.15) is 5.15 Å². The molecule has 0 unspecified atom stereocenters. The Morgan fingerprint density at radius 1 is 1.60 bits per heavy atom. The van der Waals surface area contributed by atoms with E-state index in [4.69, 9.17) is 22.6 Å². The van der Waals surface area contributed by atoms with Crippen LogP contribution in [0.15, 0.2) is 6.07 Å². The standard InChI is InChI=1S/C9H8ClF2N3/c10-8-6(9(11)12)3-5(1-2-13)7(4-14)15-8/h3,9H,1,4,14H2. The molecule has 3 nitrogen and oxygen atoms in total. The van der Waals surface area contributed by atoms with Gasteiger partial charge in [-0.1, -0.05) is 11.6 Å². The summed E-state index contributed by atoms with van der Waals surface area (Å²) in [5.41, 5.74) is 5.78. The first-order valence-corrected chi connectivity index (χ1v) is 4.51. The first kappa shape index (κ1) is 11.8. The second kappa shape index (κ2) is 5.01. The van der Waals surface area contributed by atoms with E-state index in [1.165, 1.54) is 6.07 Å². The zero-order chi connectivity index (χ0) is 11.4. The summed E-state index contributed by atoms with van der Waals surface area (Å²) in [6.45, 7) is 0.0697. The molecule has 0 saturated heterocycles. The van der Waals surface area contributed by atoms with Crippen molar-refractivity contribution in [1.29, 1.82) is 5.26 Å². The lowest BCUT2D eigenvalue weighted by atomic mass is 10.1. The highest BCUT2D eigenvalue weighted by atomic mass is 35.5. The van der Waals surface area contributed by atoms with Crippen molar-refractivity contribution in [2.45, 2.75) is 19.4 Å². The fourth-order valence-electron chi connectivity index (χ4n) is 1.15. The lowest BCUT2D eigenvalue weighted by Gasteiger charge is -2.08. The van der Waals surface area contributed by atoms with E-state index in [9.17, 15) is 8.78 Å². The van der Waals surface area contributed by atoms with Crippen molar-refractivity contribution >= 4 is 11.6 Å². The minimum Gasteiger partial charge on any atom is -0.325 e. The van der Waals surface area contributed by atoms with E-state index in [0.29, 0.717) is 11.3 Å². The number of hydrogen-bond donors (Lipinski definition) is 1. The molecule has 1 heterocycles. The third-order valence-electron chi connectivity index (χ3n) is 1.87. The van der Waals surface area contributed by atoms with Crippen LogP contribution in [0.25, 0.3) is 0 Å². The summed E-state index contributed by atoms with van der Waals surface area (Å²) in [6.07, 6.45) is -2.70. The number of pyridine rings is 1. The molecule has 0 aliphatic heterocycles. The number of aromatic nitrogens is 1. The zero-order valence-electron chi connectivity index (χ0n) is 7.67. The highest BCUT2D eigenvalue weighted by Crippen LogP contribution is 2.27. The van der Waals surface area contributed by atoms with Gasteiger partial charge in [-0.25, -0.2) is 13.8 Å². The van der Waals surface area contributed by atoms with Crippen LogP contribution in [0, 0.1) is 11.3 Å². The Balaban J connectivity index is 3.25. The number of nitrogens with two attached hydrogens (primary N) is 1. The second-order valence-electron chi connectivity index (χ2n) is 2.81. The van der Waals surface area contributed by atoms with Gasteiger partial charge in [-0.05, 0) is 11.6 Å². The van der Waals surface area contributed by atoms with Crippen molar-refractivity contribution < 1.29 is 8.78 Å². The Hall–Kier alpha value is -1.25. The minimum atomic E-state index is -2.70. The van der Waals surface area contributed by atoms with Crippen LogP contribution >= 0.6 is 11.6 Å². The molecule has 0 atom stereocenters. The highest BCUT2D eigenvalue weighted by Gasteiger charge is 2.16. The average Bonchev–Trinajstić information content (AvgIpc) is 2.20.